The molecule has 3 rings (SSSR count). The Labute approximate surface area is 173 Å². The van der Waals surface area contributed by atoms with Gasteiger partial charge in [0.25, 0.3) is 0 Å². The summed E-state index contributed by atoms with van der Waals surface area (Å²) in [7, 11) is 0. The van der Waals surface area contributed by atoms with Gasteiger partial charge in [0.1, 0.15) is 12.4 Å². The fourth-order valence-corrected chi connectivity index (χ4v) is 3.96. The quantitative estimate of drug-likeness (QED) is 0.509. The van der Waals surface area contributed by atoms with Crippen LogP contribution in [0.4, 0.5) is 4.39 Å². The van der Waals surface area contributed by atoms with Gasteiger partial charge in [-0.2, -0.15) is 0 Å². The van der Waals surface area contributed by atoms with E-state index in [9.17, 15) is 4.39 Å². The Kier molecular flexibility index (Phi) is 7.39. The maximum Gasteiger partial charge on any atom is 0.162 e. The Morgan fingerprint density at radius 1 is 1.11 bits per heavy atom. The van der Waals surface area contributed by atoms with Crippen molar-refractivity contribution in [2.45, 2.75) is 51.8 Å². The summed E-state index contributed by atoms with van der Waals surface area (Å²) < 4.78 is 25.9. The first-order valence-electron chi connectivity index (χ1n) is 9.32. The largest absolute Gasteiger partial charge is 0.490 e. The average Bonchev–Trinajstić information content (AvgIpc) is 3.15. The van der Waals surface area contributed by atoms with Gasteiger partial charge in [-0.1, -0.05) is 46.4 Å². The first-order valence-corrected chi connectivity index (χ1v) is 10.5. The van der Waals surface area contributed by atoms with E-state index in [-0.39, 0.29) is 12.4 Å². The van der Waals surface area contributed by atoms with Crippen molar-refractivity contribution in [3.05, 3.63) is 56.8 Å². The number of nitrogens with one attached hydrogen (secondary N) is 1. The van der Waals surface area contributed by atoms with Gasteiger partial charge in [0, 0.05) is 22.6 Å². The van der Waals surface area contributed by atoms with E-state index in [1.54, 1.807) is 6.07 Å². The van der Waals surface area contributed by atoms with E-state index in [1.807, 2.05) is 19.1 Å². The highest BCUT2D eigenvalue weighted by Gasteiger charge is 2.16. The highest BCUT2D eigenvalue weighted by atomic mass is 79.9. The fourth-order valence-electron chi connectivity index (χ4n) is 3.27. The molecule has 1 saturated carbocycles. The summed E-state index contributed by atoms with van der Waals surface area (Å²) >= 11 is 9.73. The van der Waals surface area contributed by atoms with Gasteiger partial charge in [-0.15, -0.1) is 0 Å². The summed E-state index contributed by atoms with van der Waals surface area (Å²) in [5, 5.41) is 3.97. The zero-order chi connectivity index (χ0) is 19.2. The van der Waals surface area contributed by atoms with Gasteiger partial charge in [-0.3, -0.25) is 0 Å². The minimum atomic E-state index is -0.361. The molecule has 2 aromatic rings. The van der Waals surface area contributed by atoms with E-state index < -0.39 is 0 Å². The first-order chi connectivity index (χ1) is 13.1. The fraction of sp³-hybridized carbons (Fsp3) is 0.429. The van der Waals surface area contributed by atoms with Crippen LogP contribution < -0.4 is 14.8 Å². The summed E-state index contributed by atoms with van der Waals surface area (Å²) in [6.07, 6.45) is 5.11. The predicted octanol–water partition coefficient (Wildman–Crippen LogP) is 6.25. The van der Waals surface area contributed by atoms with Crippen molar-refractivity contribution in [3.8, 4) is 11.5 Å². The third kappa shape index (κ3) is 5.59. The van der Waals surface area contributed by atoms with Crippen LogP contribution in [0.15, 0.2) is 34.8 Å². The second-order valence-corrected chi connectivity index (χ2v) is 7.97. The molecule has 146 valence electrons. The molecule has 1 N–H and O–H groups in total. The summed E-state index contributed by atoms with van der Waals surface area (Å²) in [5.41, 5.74) is 1.86. The van der Waals surface area contributed by atoms with Crippen molar-refractivity contribution in [1.82, 2.24) is 5.32 Å². The Hall–Kier alpha value is -1.30. The van der Waals surface area contributed by atoms with E-state index in [0.29, 0.717) is 29.2 Å². The number of hydrogen-bond donors (Lipinski definition) is 1. The first kappa shape index (κ1) is 20.4. The van der Waals surface area contributed by atoms with Gasteiger partial charge >= 0.3 is 0 Å². The summed E-state index contributed by atoms with van der Waals surface area (Å²) in [6, 6.07) is 8.83. The second-order valence-electron chi connectivity index (χ2n) is 6.71. The highest BCUT2D eigenvalue weighted by Crippen LogP contribution is 2.35. The molecule has 27 heavy (non-hydrogen) atoms. The topological polar surface area (TPSA) is 30.5 Å². The standard InChI is InChI=1S/C21H24BrClFNO2/c1-2-26-20-9-15(12-25-17-5-3-4-6-17)18(22)11-21(20)27-13-14-7-8-16(24)10-19(14)23/h7-11,17,25H,2-6,12-13H2,1H3. The molecule has 0 saturated heterocycles. The lowest BCUT2D eigenvalue weighted by Crippen LogP contribution is -2.25. The lowest BCUT2D eigenvalue weighted by molar-refractivity contribution is 0.268. The minimum Gasteiger partial charge on any atom is -0.490 e. The Bertz CT molecular complexity index is 781. The zero-order valence-electron chi connectivity index (χ0n) is 15.4. The van der Waals surface area contributed by atoms with Crippen LogP contribution in [0.25, 0.3) is 0 Å². The Morgan fingerprint density at radius 2 is 1.85 bits per heavy atom. The van der Waals surface area contributed by atoms with Gasteiger partial charge < -0.3 is 14.8 Å². The monoisotopic (exact) mass is 455 g/mol. The van der Waals surface area contributed by atoms with Crippen LogP contribution >= 0.6 is 27.5 Å². The van der Waals surface area contributed by atoms with E-state index in [1.165, 1.54) is 37.8 Å². The molecule has 6 heteroatoms. The number of ether oxygens (including phenoxy) is 2. The van der Waals surface area contributed by atoms with Gasteiger partial charge in [0.2, 0.25) is 0 Å². The van der Waals surface area contributed by atoms with Gasteiger partial charge in [-0.25, -0.2) is 4.39 Å². The average molecular weight is 457 g/mol. The zero-order valence-corrected chi connectivity index (χ0v) is 17.7. The molecule has 0 aromatic heterocycles. The molecule has 0 unspecified atom stereocenters. The van der Waals surface area contributed by atoms with Crippen molar-refractivity contribution in [2.24, 2.45) is 0 Å². The molecule has 3 nitrogen and oxygen atoms in total. The molecule has 0 aliphatic heterocycles. The second kappa shape index (κ2) is 9.76. The Morgan fingerprint density at radius 3 is 2.56 bits per heavy atom. The third-order valence-corrected chi connectivity index (χ3v) is 5.84. The molecule has 0 spiro atoms. The predicted molar refractivity (Wildman–Crippen MR) is 110 cm³/mol. The Balaban J connectivity index is 1.72. The van der Waals surface area contributed by atoms with Crippen LogP contribution in [0.5, 0.6) is 11.5 Å². The van der Waals surface area contributed by atoms with Crippen LogP contribution in [0.3, 0.4) is 0 Å². The molecule has 0 bridgehead atoms. The molecule has 0 radical (unpaired) electrons. The van der Waals surface area contributed by atoms with E-state index in [4.69, 9.17) is 21.1 Å². The molecular weight excluding hydrogens is 433 g/mol. The van der Waals surface area contributed by atoms with Crippen molar-refractivity contribution in [2.75, 3.05) is 6.61 Å². The third-order valence-electron chi connectivity index (χ3n) is 4.75. The van der Waals surface area contributed by atoms with E-state index >= 15 is 0 Å². The summed E-state index contributed by atoms with van der Waals surface area (Å²) in [5.74, 6) is 0.969. The van der Waals surface area contributed by atoms with Crippen molar-refractivity contribution < 1.29 is 13.9 Å². The summed E-state index contributed by atoms with van der Waals surface area (Å²) in [6.45, 7) is 3.52. The number of benzene rings is 2. The van der Waals surface area contributed by atoms with Gasteiger partial charge in [-0.05, 0) is 49.6 Å². The van der Waals surface area contributed by atoms with E-state index in [2.05, 4.69) is 21.2 Å². The van der Waals surface area contributed by atoms with Crippen LogP contribution in [0, 0.1) is 5.82 Å². The molecule has 0 amide bonds. The van der Waals surface area contributed by atoms with Crippen molar-refractivity contribution >= 4 is 27.5 Å². The molecule has 2 aromatic carbocycles. The van der Waals surface area contributed by atoms with Crippen molar-refractivity contribution in [3.63, 3.8) is 0 Å². The normalized spacial score (nSPS) is 14.5. The lowest BCUT2D eigenvalue weighted by Gasteiger charge is -2.17. The number of hydrogen-bond acceptors (Lipinski definition) is 3. The molecule has 1 fully saturated rings. The van der Waals surface area contributed by atoms with E-state index in [0.717, 1.165) is 22.1 Å². The van der Waals surface area contributed by atoms with Crippen LogP contribution in [0.2, 0.25) is 5.02 Å². The molecule has 0 atom stereocenters. The lowest BCUT2D eigenvalue weighted by atomic mass is 10.1. The number of rotatable bonds is 8. The SMILES string of the molecule is CCOc1cc(CNC2CCCC2)c(Br)cc1OCc1ccc(F)cc1Cl. The maximum absolute atomic E-state index is 13.2. The van der Waals surface area contributed by atoms with Gasteiger partial charge in [0.05, 0.1) is 11.6 Å². The number of halogens is 3. The van der Waals surface area contributed by atoms with Crippen LogP contribution in [0.1, 0.15) is 43.7 Å². The smallest absolute Gasteiger partial charge is 0.162 e. The minimum absolute atomic E-state index is 0.241. The highest BCUT2D eigenvalue weighted by molar-refractivity contribution is 9.10. The van der Waals surface area contributed by atoms with Crippen LogP contribution in [-0.2, 0) is 13.2 Å². The molecule has 1 aliphatic carbocycles. The van der Waals surface area contributed by atoms with Gasteiger partial charge in [0.15, 0.2) is 11.5 Å². The van der Waals surface area contributed by atoms with Crippen molar-refractivity contribution in [1.29, 1.82) is 0 Å². The maximum atomic E-state index is 13.2. The molecule has 0 heterocycles. The molecule has 1 aliphatic rings. The molecular formula is C21H24BrClFNO2. The van der Waals surface area contributed by atoms with Crippen LogP contribution in [-0.4, -0.2) is 12.6 Å². The summed E-state index contributed by atoms with van der Waals surface area (Å²) in [4.78, 5) is 0.